The highest BCUT2D eigenvalue weighted by atomic mass is 127. The summed E-state index contributed by atoms with van der Waals surface area (Å²) in [6.45, 7) is 13.0. The SMILES string of the molecule is CCCN1CCC(CNC(=NCc2sccc2C)NCC)CC1.I. The topological polar surface area (TPSA) is 39.7 Å². The third kappa shape index (κ3) is 7.27. The number of aliphatic imine (C=N–C) groups is 1. The molecule has 6 heteroatoms. The van der Waals surface area contributed by atoms with Crippen molar-refractivity contribution in [2.75, 3.05) is 32.7 Å². The average molecular weight is 464 g/mol. The molecule has 0 atom stereocenters. The van der Waals surface area contributed by atoms with Crippen LogP contribution in [0.4, 0.5) is 0 Å². The maximum atomic E-state index is 4.74. The Morgan fingerprint density at radius 3 is 2.62 bits per heavy atom. The summed E-state index contributed by atoms with van der Waals surface area (Å²) in [6, 6.07) is 2.17. The van der Waals surface area contributed by atoms with Crippen LogP contribution in [0.15, 0.2) is 16.4 Å². The summed E-state index contributed by atoms with van der Waals surface area (Å²) in [5.74, 6) is 1.73. The number of likely N-dealkylation sites (tertiary alicyclic amines) is 1. The summed E-state index contributed by atoms with van der Waals surface area (Å²) in [4.78, 5) is 8.69. The van der Waals surface area contributed by atoms with Crippen LogP contribution in [0.5, 0.6) is 0 Å². The summed E-state index contributed by atoms with van der Waals surface area (Å²) >= 11 is 1.79. The molecule has 1 saturated heterocycles. The fourth-order valence-corrected chi connectivity index (χ4v) is 3.86. The molecule has 2 rings (SSSR count). The van der Waals surface area contributed by atoms with Crippen LogP contribution in [0.1, 0.15) is 43.6 Å². The van der Waals surface area contributed by atoms with E-state index in [1.165, 1.54) is 49.3 Å². The molecule has 0 aromatic carbocycles. The lowest BCUT2D eigenvalue weighted by atomic mass is 9.97. The summed E-state index contributed by atoms with van der Waals surface area (Å²) in [6.07, 6.45) is 3.87. The van der Waals surface area contributed by atoms with E-state index in [4.69, 9.17) is 4.99 Å². The number of nitrogens with zero attached hydrogens (tertiary/aromatic N) is 2. The van der Waals surface area contributed by atoms with Crippen LogP contribution < -0.4 is 10.6 Å². The minimum Gasteiger partial charge on any atom is -0.357 e. The predicted octanol–water partition coefficient (Wildman–Crippen LogP) is 3.85. The van der Waals surface area contributed by atoms with Gasteiger partial charge in [-0.2, -0.15) is 0 Å². The maximum Gasteiger partial charge on any atom is 0.191 e. The van der Waals surface area contributed by atoms with Gasteiger partial charge in [-0.25, -0.2) is 4.99 Å². The van der Waals surface area contributed by atoms with E-state index in [1.807, 2.05) is 0 Å². The van der Waals surface area contributed by atoms with Crippen molar-refractivity contribution >= 4 is 41.3 Å². The van der Waals surface area contributed by atoms with Gasteiger partial charge in [0.1, 0.15) is 0 Å². The van der Waals surface area contributed by atoms with Gasteiger partial charge in [0.25, 0.3) is 0 Å². The number of guanidine groups is 1. The Labute approximate surface area is 168 Å². The fraction of sp³-hybridized carbons (Fsp3) is 0.722. The highest BCUT2D eigenvalue weighted by Crippen LogP contribution is 2.17. The second kappa shape index (κ2) is 12.1. The van der Waals surface area contributed by atoms with Gasteiger partial charge >= 0.3 is 0 Å². The molecule has 1 aromatic rings. The van der Waals surface area contributed by atoms with Crippen LogP contribution in [-0.4, -0.2) is 43.6 Å². The minimum absolute atomic E-state index is 0. The Morgan fingerprint density at radius 1 is 1.29 bits per heavy atom. The lowest BCUT2D eigenvalue weighted by molar-refractivity contribution is 0.185. The van der Waals surface area contributed by atoms with Gasteiger partial charge in [-0.3, -0.25) is 0 Å². The number of nitrogens with one attached hydrogen (secondary N) is 2. The first-order valence-corrected chi connectivity index (χ1v) is 9.88. The Balaban J connectivity index is 0.00000288. The molecule has 0 radical (unpaired) electrons. The molecule has 0 bridgehead atoms. The molecule has 138 valence electrons. The number of thiophene rings is 1. The summed E-state index contributed by atoms with van der Waals surface area (Å²) in [5, 5.41) is 9.05. The Hall–Kier alpha value is -0.340. The molecular weight excluding hydrogens is 431 g/mol. The molecule has 2 N–H and O–H groups in total. The Morgan fingerprint density at radius 2 is 2.04 bits per heavy atom. The van der Waals surface area contributed by atoms with Crippen molar-refractivity contribution in [3.63, 3.8) is 0 Å². The van der Waals surface area contributed by atoms with Crippen molar-refractivity contribution < 1.29 is 0 Å². The summed E-state index contributed by atoms with van der Waals surface area (Å²) < 4.78 is 0. The van der Waals surface area contributed by atoms with Gasteiger partial charge in [0.2, 0.25) is 0 Å². The number of piperidine rings is 1. The van der Waals surface area contributed by atoms with E-state index in [9.17, 15) is 0 Å². The number of hydrogen-bond acceptors (Lipinski definition) is 3. The molecule has 4 nitrogen and oxygen atoms in total. The van der Waals surface area contributed by atoms with Crippen LogP contribution in [0, 0.1) is 12.8 Å². The van der Waals surface area contributed by atoms with E-state index < -0.39 is 0 Å². The van der Waals surface area contributed by atoms with Crippen molar-refractivity contribution in [2.45, 2.75) is 46.6 Å². The molecule has 24 heavy (non-hydrogen) atoms. The highest BCUT2D eigenvalue weighted by molar-refractivity contribution is 14.0. The first-order chi connectivity index (χ1) is 11.2. The van der Waals surface area contributed by atoms with E-state index in [1.54, 1.807) is 11.3 Å². The van der Waals surface area contributed by atoms with E-state index in [0.29, 0.717) is 0 Å². The first kappa shape index (κ1) is 21.7. The zero-order valence-corrected chi connectivity index (χ0v) is 18.5. The van der Waals surface area contributed by atoms with Gasteiger partial charge in [-0.15, -0.1) is 35.3 Å². The van der Waals surface area contributed by atoms with Crippen LogP contribution >= 0.6 is 35.3 Å². The van der Waals surface area contributed by atoms with E-state index >= 15 is 0 Å². The number of hydrogen-bond donors (Lipinski definition) is 2. The monoisotopic (exact) mass is 464 g/mol. The summed E-state index contributed by atoms with van der Waals surface area (Å²) in [7, 11) is 0. The van der Waals surface area contributed by atoms with Gasteiger partial charge in [0, 0.05) is 18.0 Å². The number of rotatable bonds is 7. The van der Waals surface area contributed by atoms with Gasteiger partial charge in [0.05, 0.1) is 6.54 Å². The van der Waals surface area contributed by atoms with Crippen LogP contribution in [0.3, 0.4) is 0 Å². The molecule has 0 amide bonds. The average Bonchev–Trinajstić information content (AvgIpc) is 2.97. The van der Waals surface area contributed by atoms with Crippen molar-refractivity contribution in [1.29, 1.82) is 0 Å². The van der Waals surface area contributed by atoms with Crippen molar-refractivity contribution in [2.24, 2.45) is 10.9 Å². The molecule has 0 saturated carbocycles. The molecule has 2 heterocycles. The molecule has 0 unspecified atom stereocenters. The zero-order valence-electron chi connectivity index (χ0n) is 15.3. The molecule has 1 aliphatic rings. The fourth-order valence-electron chi connectivity index (χ4n) is 3.03. The minimum atomic E-state index is 0. The lowest BCUT2D eigenvalue weighted by Gasteiger charge is -2.32. The van der Waals surface area contributed by atoms with Crippen LogP contribution in [0.2, 0.25) is 0 Å². The number of aryl methyl sites for hydroxylation is 1. The second-order valence-corrected chi connectivity index (χ2v) is 7.39. The molecule has 0 aliphatic carbocycles. The standard InChI is InChI=1S/C18H32N4S.HI/c1-4-9-22-10-6-16(7-11-22)13-20-18(19-5-2)21-14-17-15(3)8-12-23-17;/h8,12,16H,4-7,9-11,13-14H2,1-3H3,(H2,19,20,21);1H. The molecular formula is C18H33IN4S. The van der Waals surface area contributed by atoms with E-state index in [2.05, 4.69) is 47.8 Å². The molecule has 1 fully saturated rings. The van der Waals surface area contributed by atoms with Crippen LogP contribution in [-0.2, 0) is 6.54 Å². The van der Waals surface area contributed by atoms with E-state index in [-0.39, 0.29) is 24.0 Å². The van der Waals surface area contributed by atoms with Gasteiger partial charge in [-0.05, 0) is 75.7 Å². The first-order valence-electron chi connectivity index (χ1n) is 9.00. The zero-order chi connectivity index (χ0) is 16.5. The normalized spacial score (nSPS) is 16.7. The molecule has 0 spiro atoms. The largest absolute Gasteiger partial charge is 0.357 e. The van der Waals surface area contributed by atoms with Gasteiger partial charge in [0.15, 0.2) is 5.96 Å². The number of halogens is 1. The maximum absolute atomic E-state index is 4.74. The van der Waals surface area contributed by atoms with Crippen LogP contribution in [0.25, 0.3) is 0 Å². The Bertz CT molecular complexity index is 481. The second-order valence-electron chi connectivity index (χ2n) is 6.39. The summed E-state index contributed by atoms with van der Waals surface area (Å²) in [5.41, 5.74) is 1.35. The highest BCUT2D eigenvalue weighted by Gasteiger charge is 2.18. The Kier molecular flexibility index (Phi) is 10.9. The predicted molar refractivity (Wildman–Crippen MR) is 117 cm³/mol. The third-order valence-corrected chi connectivity index (χ3v) is 5.51. The van der Waals surface area contributed by atoms with E-state index in [0.717, 1.165) is 31.5 Å². The van der Waals surface area contributed by atoms with Gasteiger partial charge in [-0.1, -0.05) is 6.92 Å². The van der Waals surface area contributed by atoms with Crippen molar-refractivity contribution in [3.05, 3.63) is 21.9 Å². The lowest BCUT2D eigenvalue weighted by Crippen LogP contribution is -2.43. The molecule has 1 aromatic heterocycles. The molecule has 1 aliphatic heterocycles. The van der Waals surface area contributed by atoms with Gasteiger partial charge < -0.3 is 15.5 Å². The van der Waals surface area contributed by atoms with Crippen molar-refractivity contribution in [3.8, 4) is 0 Å². The smallest absolute Gasteiger partial charge is 0.191 e. The van der Waals surface area contributed by atoms with Crippen molar-refractivity contribution in [1.82, 2.24) is 15.5 Å². The third-order valence-electron chi connectivity index (χ3n) is 4.50. The quantitative estimate of drug-likeness (QED) is 0.366.